The van der Waals surface area contributed by atoms with E-state index in [4.69, 9.17) is 16.7 Å². The van der Waals surface area contributed by atoms with Gasteiger partial charge in [-0.3, -0.25) is 0 Å². The van der Waals surface area contributed by atoms with Gasteiger partial charge in [-0.15, -0.1) is 0 Å². The summed E-state index contributed by atoms with van der Waals surface area (Å²) in [6.45, 7) is 0. The van der Waals surface area contributed by atoms with E-state index in [-0.39, 0.29) is 16.4 Å². The van der Waals surface area contributed by atoms with Gasteiger partial charge in [-0.1, -0.05) is 17.7 Å². The number of rotatable bonds is 3. The van der Waals surface area contributed by atoms with Crippen molar-refractivity contribution in [1.29, 1.82) is 0 Å². The Kier molecular flexibility index (Phi) is 3.43. The van der Waals surface area contributed by atoms with Crippen molar-refractivity contribution < 1.29 is 14.3 Å². The summed E-state index contributed by atoms with van der Waals surface area (Å²) in [7, 11) is 0. The molecule has 0 atom stereocenters. The number of aromatic carboxylic acids is 1. The van der Waals surface area contributed by atoms with Crippen LogP contribution >= 0.6 is 11.6 Å². The maximum Gasteiger partial charge on any atom is 0.337 e. The van der Waals surface area contributed by atoms with Gasteiger partial charge >= 0.3 is 5.97 Å². The fourth-order valence-corrected chi connectivity index (χ4v) is 1.57. The van der Waals surface area contributed by atoms with Gasteiger partial charge in [0.05, 0.1) is 10.6 Å². The van der Waals surface area contributed by atoms with Crippen molar-refractivity contribution in [2.24, 2.45) is 0 Å². The lowest BCUT2D eigenvalue weighted by atomic mass is 10.2. The number of pyridine rings is 1. The molecule has 0 radical (unpaired) electrons. The first-order valence-corrected chi connectivity index (χ1v) is 5.35. The smallest absolute Gasteiger partial charge is 0.337 e. The van der Waals surface area contributed by atoms with E-state index in [1.807, 2.05) is 0 Å². The zero-order valence-electron chi connectivity index (χ0n) is 9.02. The molecule has 0 spiro atoms. The number of halogens is 2. The summed E-state index contributed by atoms with van der Waals surface area (Å²) in [6, 6.07) is 7.04. The molecule has 0 saturated heterocycles. The molecule has 0 saturated carbocycles. The molecule has 0 amide bonds. The van der Waals surface area contributed by atoms with E-state index in [1.54, 1.807) is 6.07 Å². The molecule has 92 valence electrons. The first kappa shape index (κ1) is 12.3. The van der Waals surface area contributed by atoms with Gasteiger partial charge in [0.1, 0.15) is 11.6 Å². The average molecular weight is 267 g/mol. The Labute approximate surface area is 107 Å². The quantitative estimate of drug-likeness (QED) is 0.895. The molecule has 0 unspecified atom stereocenters. The van der Waals surface area contributed by atoms with Gasteiger partial charge in [-0.05, 0) is 24.3 Å². The molecule has 1 aromatic heterocycles. The number of hydrogen-bond acceptors (Lipinski definition) is 3. The minimum Gasteiger partial charge on any atom is -0.478 e. The second-order valence-corrected chi connectivity index (χ2v) is 3.90. The van der Waals surface area contributed by atoms with Gasteiger partial charge in [0.15, 0.2) is 0 Å². The van der Waals surface area contributed by atoms with E-state index in [0.29, 0.717) is 5.69 Å². The van der Waals surface area contributed by atoms with Crippen LogP contribution in [0.3, 0.4) is 0 Å². The summed E-state index contributed by atoms with van der Waals surface area (Å²) in [5, 5.41) is 11.7. The molecule has 0 aliphatic rings. The molecule has 2 rings (SSSR count). The predicted molar refractivity (Wildman–Crippen MR) is 65.9 cm³/mol. The van der Waals surface area contributed by atoms with Crippen LogP contribution in [0, 0.1) is 5.82 Å². The fraction of sp³-hybridized carbons (Fsp3) is 0. The highest BCUT2D eigenvalue weighted by Gasteiger charge is 2.10. The number of nitrogens with zero attached hydrogens (tertiary/aromatic N) is 1. The average Bonchev–Trinajstić information content (AvgIpc) is 2.31. The van der Waals surface area contributed by atoms with Crippen molar-refractivity contribution in [3.8, 4) is 0 Å². The van der Waals surface area contributed by atoms with Gasteiger partial charge in [0, 0.05) is 11.9 Å². The maximum atomic E-state index is 13.0. The highest BCUT2D eigenvalue weighted by Crippen LogP contribution is 2.21. The Hall–Kier alpha value is -2.14. The van der Waals surface area contributed by atoms with Gasteiger partial charge in [0.2, 0.25) is 0 Å². The van der Waals surface area contributed by atoms with E-state index in [1.165, 1.54) is 30.5 Å². The van der Waals surface area contributed by atoms with Crippen LogP contribution in [0.15, 0.2) is 36.5 Å². The number of carboxylic acids is 1. The van der Waals surface area contributed by atoms with Gasteiger partial charge < -0.3 is 10.4 Å². The molecule has 4 nitrogen and oxygen atoms in total. The zero-order chi connectivity index (χ0) is 13.1. The fourth-order valence-electron chi connectivity index (χ4n) is 1.39. The number of hydrogen-bond donors (Lipinski definition) is 2. The van der Waals surface area contributed by atoms with Gasteiger partial charge in [-0.2, -0.15) is 0 Å². The third kappa shape index (κ3) is 2.75. The molecule has 2 aromatic rings. The minimum absolute atomic E-state index is 0.0484. The van der Waals surface area contributed by atoms with Gasteiger partial charge in [0.25, 0.3) is 0 Å². The molecular formula is C12H8ClFN2O2. The second kappa shape index (κ2) is 5.01. The van der Waals surface area contributed by atoms with E-state index < -0.39 is 11.8 Å². The Morgan fingerprint density at radius 3 is 2.83 bits per heavy atom. The van der Waals surface area contributed by atoms with Crippen LogP contribution < -0.4 is 5.32 Å². The standard InChI is InChI=1S/C12H8ClFN2O2/c13-10-6-15-11(5-9(10)12(17)18)16-8-3-1-2-7(14)4-8/h1-6H,(H,15,16)(H,17,18). The molecule has 1 heterocycles. The number of carboxylic acid groups (broad SMARTS) is 1. The lowest BCUT2D eigenvalue weighted by Gasteiger charge is -2.07. The van der Waals surface area contributed by atoms with Crippen LogP contribution in [0.5, 0.6) is 0 Å². The minimum atomic E-state index is -1.15. The molecule has 18 heavy (non-hydrogen) atoms. The van der Waals surface area contributed by atoms with Crippen LogP contribution in [-0.4, -0.2) is 16.1 Å². The third-order valence-corrected chi connectivity index (χ3v) is 2.48. The maximum absolute atomic E-state index is 13.0. The number of benzene rings is 1. The third-order valence-electron chi connectivity index (χ3n) is 2.18. The predicted octanol–water partition coefficient (Wildman–Crippen LogP) is 3.32. The lowest BCUT2D eigenvalue weighted by molar-refractivity contribution is 0.0697. The molecule has 1 aromatic carbocycles. The highest BCUT2D eigenvalue weighted by atomic mass is 35.5. The number of carbonyl (C=O) groups is 1. The molecular weight excluding hydrogens is 259 g/mol. The van der Waals surface area contributed by atoms with Crippen molar-refractivity contribution in [3.05, 3.63) is 52.9 Å². The van der Waals surface area contributed by atoms with E-state index in [9.17, 15) is 9.18 Å². The summed E-state index contributed by atoms with van der Waals surface area (Å²) in [4.78, 5) is 14.8. The largest absolute Gasteiger partial charge is 0.478 e. The SMILES string of the molecule is O=C(O)c1cc(Nc2cccc(F)c2)ncc1Cl. The Balaban J connectivity index is 2.30. The van der Waals surface area contributed by atoms with Crippen LogP contribution in [0.1, 0.15) is 10.4 Å². The zero-order valence-corrected chi connectivity index (χ0v) is 9.78. The highest BCUT2D eigenvalue weighted by molar-refractivity contribution is 6.33. The Bertz CT molecular complexity index is 604. The molecule has 0 fully saturated rings. The molecule has 0 aliphatic carbocycles. The Morgan fingerprint density at radius 1 is 1.39 bits per heavy atom. The molecule has 0 aliphatic heterocycles. The van der Waals surface area contributed by atoms with Crippen LogP contribution in [0.25, 0.3) is 0 Å². The van der Waals surface area contributed by atoms with Gasteiger partial charge in [-0.25, -0.2) is 14.2 Å². The van der Waals surface area contributed by atoms with E-state index in [2.05, 4.69) is 10.3 Å². The first-order chi connectivity index (χ1) is 8.56. The Morgan fingerprint density at radius 2 is 2.17 bits per heavy atom. The summed E-state index contributed by atoms with van der Waals surface area (Å²) in [6.07, 6.45) is 1.23. The first-order valence-electron chi connectivity index (χ1n) is 4.97. The summed E-state index contributed by atoms with van der Waals surface area (Å²) >= 11 is 5.69. The summed E-state index contributed by atoms with van der Waals surface area (Å²) in [5.74, 6) is -1.26. The van der Waals surface area contributed by atoms with Crippen LogP contribution in [-0.2, 0) is 0 Å². The van der Waals surface area contributed by atoms with Crippen LogP contribution in [0.4, 0.5) is 15.9 Å². The van der Waals surface area contributed by atoms with Crippen molar-refractivity contribution in [3.63, 3.8) is 0 Å². The van der Waals surface area contributed by atoms with E-state index >= 15 is 0 Å². The van der Waals surface area contributed by atoms with Crippen molar-refractivity contribution in [1.82, 2.24) is 4.98 Å². The monoisotopic (exact) mass is 266 g/mol. The van der Waals surface area contributed by atoms with Crippen molar-refractivity contribution in [2.75, 3.05) is 5.32 Å². The van der Waals surface area contributed by atoms with Crippen LogP contribution in [0.2, 0.25) is 5.02 Å². The molecule has 0 bridgehead atoms. The number of nitrogens with one attached hydrogen (secondary N) is 1. The van der Waals surface area contributed by atoms with Crippen molar-refractivity contribution >= 4 is 29.1 Å². The number of aromatic nitrogens is 1. The topological polar surface area (TPSA) is 62.2 Å². The second-order valence-electron chi connectivity index (χ2n) is 3.49. The van der Waals surface area contributed by atoms with E-state index in [0.717, 1.165) is 0 Å². The normalized spacial score (nSPS) is 10.1. The number of anilines is 2. The summed E-state index contributed by atoms with van der Waals surface area (Å²) < 4.78 is 13.0. The summed E-state index contributed by atoms with van der Waals surface area (Å²) in [5.41, 5.74) is 0.409. The molecule has 2 N–H and O–H groups in total. The van der Waals surface area contributed by atoms with Crippen molar-refractivity contribution in [2.45, 2.75) is 0 Å². The lowest BCUT2D eigenvalue weighted by Crippen LogP contribution is -2.01. The molecule has 6 heteroatoms.